The summed E-state index contributed by atoms with van der Waals surface area (Å²) in [6.07, 6.45) is 0.800. The van der Waals surface area contributed by atoms with Gasteiger partial charge in [-0.25, -0.2) is 12.8 Å². The molecule has 0 unspecified atom stereocenters. The number of benzene rings is 1. The Morgan fingerprint density at radius 2 is 1.93 bits per heavy atom. The van der Waals surface area contributed by atoms with E-state index in [9.17, 15) is 22.9 Å². The Morgan fingerprint density at radius 1 is 1.40 bits per heavy atom. The minimum absolute atomic E-state index is 0.0652. The van der Waals surface area contributed by atoms with E-state index in [2.05, 4.69) is 0 Å². The van der Waals surface area contributed by atoms with Gasteiger partial charge in [-0.2, -0.15) is 0 Å². The summed E-state index contributed by atoms with van der Waals surface area (Å²) in [5, 5.41) is 10.4. The van der Waals surface area contributed by atoms with Crippen LogP contribution in [0.15, 0.2) is 17.0 Å². The van der Waals surface area contributed by atoms with Crippen molar-refractivity contribution < 1.29 is 17.7 Å². The first-order chi connectivity index (χ1) is 6.73. The molecule has 15 heavy (non-hydrogen) atoms. The number of halogens is 1. The van der Waals surface area contributed by atoms with Crippen LogP contribution < -0.4 is 0 Å². The Labute approximate surface area is 85.6 Å². The van der Waals surface area contributed by atoms with Crippen molar-refractivity contribution in [3.8, 4) is 0 Å². The quantitative estimate of drug-likeness (QED) is 0.572. The summed E-state index contributed by atoms with van der Waals surface area (Å²) in [6.45, 7) is 1.27. The number of sulfone groups is 1. The molecule has 0 amide bonds. The van der Waals surface area contributed by atoms with E-state index < -0.39 is 31.2 Å². The van der Waals surface area contributed by atoms with Gasteiger partial charge >= 0.3 is 0 Å². The summed E-state index contributed by atoms with van der Waals surface area (Å²) in [7, 11) is -3.79. The predicted molar refractivity (Wildman–Crippen MR) is 50.9 cm³/mol. The smallest absolute Gasteiger partial charge is 0.258 e. The van der Waals surface area contributed by atoms with E-state index in [0.717, 1.165) is 18.4 Å². The highest BCUT2D eigenvalue weighted by atomic mass is 32.2. The summed E-state index contributed by atoms with van der Waals surface area (Å²) in [5.74, 6) is -0.942. The molecule has 0 bridgehead atoms. The van der Waals surface area contributed by atoms with Gasteiger partial charge in [0.05, 0.1) is 4.92 Å². The molecule has 0 spiro atoms. The van der Waals surface area contributed by atoms with Crippen LogP contribution in [0, 0.1) is 22.9 Å². The molecule has 0 aromatic heterocycles. The summed E-state index contributed by atoms with van der Waals surface area (Å²) in [5.41, 5.74) is -0.501. The number of nitro groups is 1. The summed E-state index contributed by atoms with van der Waals surface area (Å²) >= 11 is 0. The van der Waals surface area contributed by atoms with Crippen molar-refractivity contribution in [1.82, 2.24) is 0 Å². The van der Waals surface area contributed by atoms with E-state index in [4.69, 9.17) is 0 Å². The lowest BCUT2D eigenvalue weighted by Crippen LogP contribution is -2.04. The number of non-ortho nitro benzene ring substituents is 1. The topological polar surface area (TPSA) is 77.3 Å². The molecular weight excluding hydrogens is 225 g/mol. The van der Waals surface area contributed by atoms with E-state index in [-0.39, 0.29) is 5.56 Å². The zero-order chi connectivity index (χ0) is 11.8. The molecule has 0 saturated carbocycles. The third-order valence-corrected chi connectivity index (χ3v) is 2.91. The largest absolute Gasteiger partial charge is 0.271 e. The number of nitro benzene ring substituents is 1. The molecule has 5 nitrogen and oxygen atoms in total. The van der Waals surface area contributed by atoms with E-state index in [1.54, 1.807) is 0 Å². The Hall–Kier alpha value is -1.50. The monoisotopic (exact) mass is 233 g/mol. The SMILES string of the molecule is Cc1cc([N+](=O)[O-])cc(S(C)(=O)=O)c1F. The van der Waals surface area contributed by atoms with Gasteiger partial charge in [-0.3, -0.25) is 10.1 Å². The van der Waals surface area contributed by atoms with Crippen LogP contribution in [0.25, 0.3) is 0 Å². The first kappa shape index (κ1) is 11.6. The van der Waals surface area contributed by atoms with Gasteiger partial charge in [-0.15, -0.1) is 0 Å². The molecular formula is C8H8FNO4S. The average Bonchev–Trinajstić information content (AvgIpc) is 2.06. The standard InChI is InChI=1S/C8H8FNO4S/c1-5-3-6(10(11)12)4-7(8(5)9)15(2,13)14/h3-4H,1-2H3. The normalized spacial score (nSPS) is 11.4. The van der Waals surface area contributed by atoms with Crippen LogP contribution in [-0.2, 0) is 9.84 Å². The number of hydrogen-bond acceptors (Lipinski definition) is 4. The second-order valence-corrected chi connectivity index (χ2v) is 5.09. The fourth-order valence-electron chi connectivity index (χ4n) is 1.09. The third-order valence-electron chi connectivity index (χ3n) is 1.82. The highest BCUT2D eigenvalue weighted by molar-refractivity contribution is 7.90. The van der Waals surface area contributed by atoms with Crippen LogP contribution in [0.1, 0.15) is 5.56 Å². The van der Waals surface area contributed by atoms with Crippen molar-refractivity contribution in [2.24, 2.45) is 0 Å². The molecule has 0 saturated heterocycles. The lowest BCUT2D eigenvalue weighted by molar-refractivity contribution is -0.385. The highest BCUT2D eigenvalue weighted by Gasteiger charge is 2.20. The first-order valence-corrected chi connectivity index (χ1v) is 5.77. The molecule has 0 fully saturated rings. The van der Waals surface area contributed by atoms with Crippen LogP contribution >= 0.6 is 0 Å². The minimum atomic E-state index is -3.79. The third kappa shape index (κ3) is 2.30. The van der Waals surface area contributed by atoms with Crippen LogP contribution in [0.4, 0.5) is 10.1 Å². The highest BCUT2D eigenvalue weighted by Crippen LogP contribution is 2.24. The predicted octanol–water partition coefficient (Wildman–Crippen LogP) is 1.45. The first-order valence-electron chi connectivity index (χ1n) is 3.88. The number of hydrogen-bond donors (Lipinski definition) is 0. The molecule has 0 radical (unpaired) electrons. The lowest BCUT2D eigenvalue weighted by Gasteiger charge is -2.03. The fourth-order valence-corrected chi connectivity index (χ4v) is 1.92. The second kappa shape index (κ2) is 3.58. The van der Waals surface area contributed by atoms with Gasteiger partial charge in [-0.1, -0.05) is 0 Å². The maximum absolute atomic E-state index is 13.3. The maximum atomic E-state index is 13.3. The summed E-state index contributed by atoms with van der Waals surface area (Å²) in [4.78, 5) is 9.02. The van der Waals surface area contributed by atoms with Gasteiger partial charge in [0.15, 0.2) is 9.84 Å². The van der Waals surface area contributed by atoms with Gasteiger partial charge in [0, 0.05) is 18.4 Å². The molecule has 1 aromatic rings. The van der Waals surface area contributed by atoms with Crippen LogP contribution in [0.5, 0.6) is 0 Å². The van der Waals surface area contributed by atoms with Crippen molar-refractivity contribution in [1.29, 1.82) is 0 Å². The Bertz CT molecular complexity index is 524. The lowest BCUT2D eigenvalue weighted by atomic mass is 10.2. The number of aryl methyl sites for hydroxylation is 1. The molecule has 0 atom stereocenters. The van der Waals surface area contributed by atoms with E-state index in [1.165, 1.54) is 6.92 Å². The van der Waals surface area contributed by atoms with E-state index >= 15 is 0 Å². The van der Waals surface area contributed by atoms with Gasteiger partial charge in [0.25, 0.3) is 5.69 Å². The van der Waals surface area contributed by atoms with Gasteiger partial charge in [-0.05, 0) is 12.5 Å². The molecule has 0 heterocycles. The Kier molecular flexibility index (Phi) is 2.76. The molecule has 0 N–H and O–H groups in total. The zero-order valence-corrected chi connectivity index (χ0v) is 8.84. The molecule has 1 rings (SSSR count). The maximum Gasteiger partial charge on any atom is 0.271 e. The number of rotatable bonds is 2. The van der Waals surface area contributed by atoms with Crippen molar-refractivity contribution in [2.45, 2.75) is 11.8 Å². The summed E-state index contributed by atoms with van der Waals surface area (Å²) < 4.78 is 35.6. The van der Waals surface area contributed by atoms with Crippen LogP contribution in [0.3, 0.4) is 0 Å². The molecule has 0 aliphatic carbocycles. The van der Waals surface area contributed by atoms with Crippen molar-refractivity contribution >= 4 is 15.5 Å². The van der Waals surface area contributed by atoms with E-state index in [0.29, 0.717) is 0 Å². The minimum Gasteiger partial charge on any atom is -0.258 e. The van der Waals surface area contributed by atoms with Gasteiger partial charge in [0.2, 0.25) is 0 Å². The van der Waals surface area contributed by atoms with Crippen molar-refractivity contribution in [3.63, 3.8) is 0 Å². The summed E-state index contributed by atoms with van der Waals surface area (Å²) in [6, 6.07) is 1.71. The molecule has 0 aliphatic heterocycles. The Morgan fingerprint density at radius 3 is 2.33 bits per heavy atom. The second-order valence-electron chi connectivity index (χ2n) is 3.10. The van der Waals surface area contributed by atoms with Crippen LogP contribution in [0.2, 0.25) is 0 Å². The molecule has 1 aromatic carbocycles. The Balaban J connectivity index is 3.59. The van der Waals surface area contributed by atoms with Crippen LogP contribution in [-0.4, -0.2) is 19.6 Å². The fraction of sp³-hybridized carbons (Fsp3) is 0.250. The molecule has 7 heteroatoms. The average molecular weight is 233 g/mol. The van der Waals surface area contributed by atoms with E-state index in [1.807, 2.05) is 0 Å². The van der Waals surface area contributed by atoms with Gasteiger partial charge in [0.1, 0.15) is 10.7 Å². The van der Waals surface area contributed by atoms with Gasteiger partial charge < -0.3 is 0 Å². The van der Waals surface area contributed by atoms with Crippen molar-refractivity contribution in [2.75, 3.05) is 6.26 Å². The van der Waals surface area contributed by atoms with Crippen molar-refractivity contribution in [3.05, 3.63) is 33.6 Å². The zero-order valence-electron chi connectivity index (χ0n) is 8.02. The molecule has 0 aliphatic rings. The molecule has 82 valence electrons. The number of nitrogens with zero attached hydrogens (tertiary/aromatic N) is 1.